The Morgan fingerprint density at radius 1 is 0.274 bits per heavy atom. The fourth-order valence-corrected chi connectivity index (χ4v) is 13.9. The van der Waals surface area contributed by atoms with Crippen molar-refractivity contribution in [3.05, 3.63) is 0 Å². The number of carbonyl (C=O) groups excluding carboxylic acids is 9. The summed E-state index contributed by atoms with van der Waals surface area (Å²) in [6, 6.07) is 0. The molecule has 0 saturated carbocycles. The lowest BCUT2D eigenvalue weighted by Crippen LogP contribution is -2.44. The molecule has 0 bridgehead atoms. The van der Waals surface area contributed by atoms with Crippen molar-refractivity contribution in [2.24, 2.45) is 17.8 Å². The van der Waals surface area contributed by atoms with E-state index in [2.05, 4.69) is 60.4 Å². The van der Waals surface area contributed by atoms with Crippen LogP contribution < -0.4 is 31.9 Å². The van der Waals surface area contributed by atoms with Gasteiger partial charge in [-0.2, -0.15) is 25.3 Å². The highest BCUT2D eigenvalue weighted by molar-refractivity contribution is 7.86. The van der Waals surface area contributed by atoms with Gasteiger partial charge in [-0.3, -0.25) is 66.6 Å². The van der Waals surface area contributed by atoms with E-state index < -0.39 is 102 Å². The van der Waals surface area contributed by atoms with Crippen LogP contribution in [0.25, 0.3) is 0 Å². The molecule has 3 unspecified atom stereocenters. The first kappa shape index (κ1) is 118. The first-order valence-electron chi connectivity index (χ1n) is 44.7. The monoisotopic (exact) mass is 1840 g/mol. The number of esters is 9. The van der Waals surface area contributed by atoms with E-state index >= 15 is 0 Å². The van der Waals surface area contributed by atoms with Gasteiger partial charge in [-0.05, 0) is 84.0 Å². The molecule has 0 fully saturated rings. The molecule has 0 saturated heterocycles. The Kier molecular flexibility index (Phi) is 68.2. The summed E-state index contributed by atoms with van der Waals surface area (Å²) >= 11 is 0. The number of quaternary nitrogens is 3. The van der Waals surface area contributed by atoms with E-state index in [4.69, 9.17) is 56.3 Å². The van der Waals surface area contributed by atoms with Crippen LogP contribution in [0, 0.1) is 17.8 Å². The SMILES string of the molecule is CCCCNCCCN(CCNCCCC)CCN(CCNCCC(=O)OCCOC(=O)CCCC(C)C(=O)OCC[N+](C)(C)CCCS(=O)(=O)O)CCNCCN(CCNCCC(=O)OCCOC(=O)CCCC(C)C(=O)OCC[N+](C)(C)CCCS(=O)(=O)O)CCNCCC(=O)OCCOC(=O)CCCC(C)C(=O)OCC[N+](C)(C)CCCS(=O)(=O)O. The third-order valence-corrected chi connectivity index (χ3v) is 22.9. The number of rotatable bonds is 85. The summed E-state index contributed by atoms with van der Waals surface area (Å²) in [7, 11) is -0.949. The van der Waals surface area contributed by atoms with Crippen molar-refractivity contribution in [1.82, 2.24) is 46.6 Å². The lowest BCUT2D eigenvalue weighted by Gasteiger charge is -2.29. The van der Waals surface area contributed by atoms with E-state index in [0.29, 0.717) is 170 Å². The van der Waals surface area contributed by atoms with Crippen molar-refractivity contribution in [3.8, 4) is 0 Å². The number of unbranched alkanes of at least 4 members (excludes halogenated alkanes) is 2. The summed E-state index contributed by atoms with van der Waals surface area (Å²) in [6.45, 7) is 26.6. The first-order chi connectivity index (χ1) is 58.5. The molecule has 0 aromatic rings. The highest BCUT2D eigenvalue weighted by Crippen LogP contribution is 2.15. The highest BCUT2D eigenvalue weighted by atomic mass is 32.2. The summed E-state index contributed by atoms with van der Waals surface area (Å²) in [6.07, 6.45) is 9.02. The van der Waals surface area contributed by atoms with Crippen LogP contribution in [0.4, 0.5) is 0 Å². The zero-order chi connectivity index (χ0) is 93.0. The number of nitrogens with one attached hydrogen (secondary N) is 6. The van der Waals surface area contributed by atoms with E-state index in [-0.39, 0.29) is 135 Å². The number of ether oxygens (including phenoxy) is 9. The van der Waals surface area contributed by atoms with Crippen LogP contribution in [0.5, 0.6) is 0 Å². The molecule has 42 heteroatoms. The van der Waals surface area contributed by atoms with Crippen molar-refractivity contribution < 1.29 is 138 Å². The summed E-state index contributed by atoms with van der Waals surface area (Å²) < 4.78 is 143. The topological polar surface area (TPSA) is 482 Å². The lowest BCUT2D eigenvalue weighted by atomic mass is 10.0. The summed E-state index contributed by atoms with van der Waals surface area (Å²) in [5.74, 6) is -6.53. The maximum atomic E-state index is 12.8. The average Bonchev–Trinajstić information content (AvgIpc) is 0.923. The maximum absolute atomic E-state index is 12.8. The third-order valence-electron chi connectivity index (χ3n) is 20.5. The number of hydrogen-bond donors (Lipinski definition) is 9. The molecule has 9 N–H and O–H groups in total. The molecule has 124 heavy (non-hydrogen) atoms. The van der Waals surface area contributed by atoms with Crippen LogP contribution in [0.1, 0.15) is 163 Å². The molecule has 0 radical (unpaired) electrons. The number of nitrogens with zero attached hydrogens (tertiary/aromatic N) is 6. The van der Waals surface area contributed by atoms with E-state index in [1.54, 1.807) is 20.8 Å². The van der Waals surface area contributed by atoms with E-state index in [1.165, 1.54) is 0 Å². The molecule has 0 spiro atoms. The van der Waals surface area contributed by atoms with E-state index in [1.807, 2.05) is 42.3 Å². The van der Waals surface area contributed by atoms with Crippen LogP contribution in [0.15, 0.2) is 0 Å². The standard InChI is InChI=1S/C82H160N12O27S3/c1-12-14-32-83-34-19-44-89(45-38-84-33-15-13-2)51-52-91(49-41-87-37-31-79(100)118-67-64-115-76(97)28-18-25-73(5)82(103)121-61-58-94(10,11)55-22-70-124(110,111)112)50-43-88-42-48-90(46-39-85-35-29-77(98)116-65-62-113-74(95)26-16-23-71(3)80(101)119-59-56-92(6,7)53-20-68-122(104,105)106)47-40-86-36-30-78(99)117-66-63-114-75(96)27-17-24-72(4)81(102)120-60-57-93(8,9)54-21-69-123(107,108)109/h71-73,83-88H,12-70H2,1-11H3/p+3. The largest absolute Gasteiger partial charge is 0.462 e. The van der Waals surface area contributed by atoms with Gasteiger partial charge < -0.3 is 92.9 Å². The van der Waals surface area contributed by atoms with Gasteiger partial charge in [0.15, 0.2) is 0 Å². The second-order valence-electron chi connectivity index (χ2n) is 33.6. The van der Waals surface area contributed by atoms with Gasteiger partial charge in [-0.15, -0.1) is 0 Å². The van der Waals surface area contributed by atoms with Crippen LogP contribution in [0.3, 0.4) is 0 Å². The van der Waals surface area contributed by atoms with Crippen molar-refractivity contribution in [2.45, 2.75) is 163 Å². The Labute approximate surface area is 741 Å². The lowest BCUT2D eigenvalue weighted by molar-refractivity contribution is -0.890. The molecule has 0 aliphatic heterocycles. The summed E-state index contributed by atoms with van der Waals surface area (Å²) in [4.78, 5) is 121. The second kappa shape index (κ2) is 71.3. The first-order valence-corrected chi connectivity index (χ1v) is 49.5. The zero-order valence-corrected chi connectivity index (χ0v) is 79.4. The maximum Gasteiger partial charge on any atom is 0.308 e. The van der Waals surface area contributed by atoms with Crippen molar-refractivity contribution in [1.29, 1.82) is 0 Å². The highest BCUT2D eigenvalue weighted by Gasteiger charge is 2.25. The van der Waals surface area contributed by atoms with Crippen molar-refractivity contribution in [3.63, 3.8) is 0 Å². The molecule has 0 aromatic carbocycles. The quantitative estimate of drug-likeness (QED) is 0.0138. The minimum Gasteiger partial charge on any atom is -0.462 e. The van der Waals surface area contributed by atoms with Gasteiger partial charge in [-0.25, -0.2) is 0 Å². The van der Waals surface area contributed by atoms with E-state index in [0.717, 1.165) is 91.0 Å². The Morgan fingerprint density at radius 2 is 0.500 bits per heavy atom. The molecule has 0 heterocycles. The minimum atomic E-state index is -4.06. The van der Waals surface area contributed by atoms with Crippen LogP contribution in [0.2, 0.25) is 0 Å². The normalized spacial score (nSPS) is 13.0. The molecule has 0 rings (SSSR count). The Hall–Kier alpha value is -5.52. The molecule has 0 aromatic heterocycles. The Morgan fingerprint density at radius 3 is 0.766 bits per heavy atom. The minimum absolute atomic E-state index is 0.0541. The fourth-order valence-electron chi connectivity index (χ4n) is 12.4. The smallest absolute Gasteiger partial charge is 0.308 e. The zero-order valence-electron chi connectivity index (χ0n) is 77.0. The van der Waals surface area contributed by atoms with Crippen LogP contribution in [-0.4, -0.2) is 416 Å². The predicted molar refractivity (Wildman–Crippen MR) is 471 cm³/mol. The van der Waals surface area contributed by atoms with Gasteiger partial charge in [-0.1, -0.05) is 47.5 Å². The molecule has 0 aliphatic carbocycles. The van der Waals surface area contributed by atoms with E-state index in [9.17, 15) is 68.4 Å². The molecular weight excluding hydrogens is 1680 g/mol. The molecule has 728 valence electrons. The van der Waals surface area contributed by atoms with Gasteiger partial charge in [0.25, 0.3) is 30.4 Å². The summed E-state index contributed by atoms with van der Waals surface area (Å²) in [5.41, 5.74) is 0. The third kappa shape index (κ3) is 76.5. The molecule has 3 atom stereocenters. The average molecular weight is 1850 g/mol. The molecule has 0 aliphatic rings. The number of carbonyl (C=O) groups is 9. The van der Waals surface area contributed by atoms with Gasteiger partial charge in [0.05, 0.1) is 116 Å². The Balaban J connectivity index is 5.65. The van der Waals surface area contributed by atoms with Crippen LogP contribution in [-0.2, 0) is 116 Å². The molecule has 0 amide bonds. The number of likely N-dealkylation sites (N-methyl/N-ethyl adjacent to an activating group) is 3. The van der Waals surface area contributed by atoms with Gasteiger partial charge in [0, 0.05) is 150 Å². The predicted octanol–water partition coefficient (Wildman–Crippen LogP) is 1.96. The fraction of sp³-hybridized carbons (Fsp3) is 0.890. The van der Waals surface area contributed by atoms with Crippen molar-refractivity contribution in [2.75, 3.05) is 296 Å². The van der Waals surface area contributed by atoms with Gasteiger partial charge in [0.1, 0.15) is 79.1 Å². The van der Waals surface area contributed by atoms with Crippen molar-refractivity contribution >= 4 is 84.1 Å². The van der Waals surface area contributed by atoms with Gasteiger partial charge in [0.2, 0.25) is 0 Å². The van der Waals surface area contributed by atoms with Gasteiger partial charge >= 0.3 is 53.7 Å². The number of hydrogen-bond acceptors (Lipinski definition) is 33. The Bertz CT molecular complexity index is 3140. The summed E-state index contributed by atoms with van der Waals surface area (Å²) in [5, 5.41) is 20.9. The molecular formula is C82H163N12O27S3+3. The van der Waals surface area contributed by atoms with Crippen LogP contribution >= 0.6 is 0 Å². The second-order valence-corrected chi connectivity index (χ2v) is 38.3. The molecule has 39 nitrogen and oxygen atoms in total.